The minimum Gasteiger partial charge on any atom is -0.385 e. The summed E-state index contributed by atoms with van der Waals surface area (Å²) < 4.78 is 5.03. The normalized spacial score (nSPS) is 11.0. The van der Waals surface area contributed by atoms with Crippen LogP contribution in [0.1, 0.15) is 19.3 Å². The van der Waals surface area contributed by atoms with Crippen LogP contribution in [0.15, 0.2) is 34.2 Å². The molecule has 1 aromatic rings. The molecule has 1 aromatic carbocycles. The van der Waals surface area contributed by atoms with Gasteiger partial charge in [0, 0.05) is 49.5 Å². The maximum Gasteiger partial charge on any atom is 0.191 e. The minimum absolute atomic E-state index is 0. The summed E-state index contributed by atoms with van der Waals surface area (Å²) in [5.41, 5.74) is 0. The van der Waals surface area contributed by atoms with Crippen molar-refractivity contribution in [2.45, 2.75) is 24.2 Å². The van der Waals surface area contributed by atoms with Gasteiger partial charge < -0.3 is 15.4 Å². The molecule has 0 radical (unpaired) electrons. The summed E-state index contributed by atoms with van der Waals surface area (Å²) >= 11 is 7.67. The van der Waals surface area contributed by atoms with E-state index in [0.717, 1.165) is 49.3 Å². The monoisotopic (exact) mass is 471 g/mol. The number of nitrogens with one attached hydrogen (secondary N) is 2. The van der Waals surface area contributed by atoms with E-state index in [4.69, 9.17) is 16.3 Å². The molecule has 1 rings (SSSR count). The number of rotatable bonds is 10. The van der Waals surface area contributed by atoms with Gasteiger partial charge in [-0.1, -0.05) is 11.6 Å². The van der Waals surface area contributed by atoms with Crippen LogP contribution in [0.2, 0.25) is 5.02 Å². The third-order valence-electron chi connectivity index (χ3n) is 3.02. The lowest BCUT2D eigenvalue weighted by Crippen LogP contribution is -2.38. The summed E-state index contributed by atoms with van der Waals surface area (Å²) in [5, 5.41) is 7.42. The lowest BCUT2D eigenvalue weighted by atomic mass is 10.2. The second-order valence-electron chi connectivity index (χ2n) is 4.78. The van der Waals surface area contributed by atoms with Crippen LogP contribution < -0.4 is 10.6 Å². The molecule has 23 heavy (non-hydrogen) atoms. The molecule has 0 spiro atoms. The third kappa shape index (κ3) is 11.9. The van der Waals surface area contributed by atoms with Gasteiger partial charge in [0.25, 0.3) is 0 Å². The maximum atomic E-state index is 5.87. The molecule has 0 fully saturated rings. The lowest BCUT2D eigenvalue weighted by molar-refractivity contribution is 0.192. The summed E-state index contributed by atoms with van der Waals surface area (Å²) in [6.45, 7) is 2.65. The van der Waals surface area contributed by atoms with Crippen molar-refractivity contribution in [2.24, 2.45) is 4.99 Å². The van der Waals surface area contributed by atoms with Crippen molar-refractivity contribution >= 4 is 53.3 Å². The van der Waals surface area contributed by atoms with Crippen LogP contribution >= 0.6 is 47.3 Å². The third-order valence-corrected chi connectivity index (χ3v) is 4.28. The van der Waals surface area contributed by atoms with Crippen molar-refractivity contribution in [1.29, 1.82) is 0 Å². The van der Waals surface area contributed by atoms with Crippen LogP contribution in [0, 0.1) is 0 Å². The number of nitrogens with zero attached hydrogens (tertiary/aromatic N) is 1. The second kappa shape index (κ2) is 15.4. The highest BCUT2D eigenvalue weighted by molar-refractivity contribution is 14.0. The summed E-state index contributed by atoms with van der Waals surface area (Å²) in [4.78, 5) is 5.45. The Labute approximate surface area is 166 Å². The molecule has 0 aliphatic rings. The largest absolute Gasteiger partial charge is 0.385 e. The molecule has 0 bridgehead atoms. The molecule has 2 N–H and O–H groups in total. The predicted molar refractivity (Wildman–Crippen MR) is 113 cm³/mol. The number of methoxy groups -OCH3 is 1. The molecule has 4 nitrogen and oxygen atoms in total. The molecule has 0 aliphatic heterocycles. The van der Waals surface area contributed by atoms with E-state index in [2.05, 4.69) is 15.6 Å². The Morgan fingerprint density at radius 2 is 1.83 bits per heavy atom. The van der Waals surface area contributed by atoms with Gasteiger partial charge in [0.05, 0.1) is 0 Å². The number of hydrogen-bond acceptors (Lipinski definition) is 3. The first-order valence-electron chi connectivity index (χ1n) is 7.58. The van der Waals surface area contributed by atoms with E-state index in [1.165, 1.54) is 11.3 Å². The fourth-order valence-corrected chi connectivity index (χ4v) is 2.74. The summed E-state index contributed by atoms with van der Waals surface area (Å²) in [7, 11) is 3.54. The van der Waals surface area contributed by atoms with Gasteiger partial charge in [-0.25, -0.2) is 0 Å². The van der Waals surface area contributed by atoms with Crippen molar-refractivity contribution < 1.29 is 4.74 Å². The van der Waals surface area contributed by atoms with Gasteiger partial charge >= 0.3 is 0 Å². The van der Waals surface area contributed by atoms with Crippen LogP contribution in [-0.4, -0.2) is 45.6 Å². The van der Waals surface area contributed by atoms with E-state index in [1.807, 2.05) is 24.3 Å². The molecule has 0 aromatic heterocycles. The Balaban J connectivity index is 0.00000484. The fourth-order valence-electron chi connectivity index (χ4n) is 1.84. The molecule has 132 valence electrons. The molecule has 0 atom stereocenters. The standard InChI is InChI=1S/C16H26ClN3OS.HI/c1-18-16(19-10-4-3-5-12-21-2)20-11-13-22-15-8-6-14(17)7-9-15;/h6-9H,3-5,10-13H2,1-2H3,(H2,18,19,20);1H. The molecular weight excluding hydrogens is 445 g/mol. The van der Waals surface area contributed by atoms with E-state index in [0.29, 0.717) is 0 Å². The Morgan fingerprint density at radius 1 is 1.13 bits per heavy atom. The van der Waals surface area contributed by atoms with Crippen LogP contribution in [0.25, 0.3) is 0 Å². The minimum atomic E-state index is 0. The smallest absolute Gasteiger partial charge is 0.191 e. The average Bonchev–Trinajstić information content (AvgIpc) is 2.54. The Bertz CT molecular complexity index is 432. The summed E-state index contributed by atoms with van der Waals surface area (Å²) in [5.74, 6) is 1.85. The maximum absolute atomic E-state index is 5.87. The Hall–Kier alpha value is -0.180. The number of aliphatic imine (C=N–C) groups is 1. The van der Waals surface area contributed by atoms with Gasteiger partial charge in [-0.3, -0.25) is 4.99 Å². The molecule has 0 amide bonds. The van der Waals surface area contributed by atoms with E-state index >= 15 is 0 Å². The van der Waals surface area contributed by atoms with Crippen LogP contribution in [0.4, 0.5) is 0 Å². The number of thioether (sulfide) groups is 1. The predicted octanol–water partition coefficient (Wildman–Crippen LogP) is 4.03. The number of guanidine groups is 1. The Kier molecular flexibility index (Phi) is 15.2. The van der Waals surface area contributed by atoms with Crippen LogP contribution in [0.3, 0.4) is 0 Å². The van der Waals surface area contributed by atoms with Gasteiger partial charge in [-0.2, -0.15) is 0 Å². The van der Waals surface area contributed by atoms with Crippen molar-refractivity contribution in [3.63, 3.8) is 0 Å². The quantitative estimate of drug-likeness (QED) is 0.178. The number of benzene rings is 1. The number of ether oxygens (including phenoxy) is 1. The van der Waals surface area contributed by atoms with Gasteiger partial charge in [0.2, 0.25) is 0 Å². The second-order valence-corrected chi connectivity index (χ2v) is 6.39. The van der Waals surface area contributed by atoms with Crippen molar-refractivity contribution in [3.05, 3.63) is 29.3 Å². The first-order valence-corrected chi connectivity index (χ1v) is 8.94. The van der Waals surface area contributed by atoms with E-state index in [9.17, 15) is 0 Å². The van der Waals surface area contributed by atoms with E-state index < -0.39 is 0 Å². The first-order chi connectivity index (χ1) is 10.8. The zero-order valence-electron chi connectivity index (χ0n) is 13.8. The zero-order chi connectivity index (χ0) is 16.0. The van der Waals surface area contributed by atoms with Gasteiger partial charge in [-0.05, 0) is 43.5 Å². The summed E-state index contributed by atoms with van der Waals surface area (Å²) in [6.07, 6.45) is 3.41. The number of hydrogen-bond donors (Lipinski definition) is 2. The summed E-state index contributed by atoms with van der Waals surface area (Å²) in [6, 6.07) is 7.92. The molecule has 0 heterocycles. The number of halogens is 2. The van der Waals surface area contributed by atoms with Crippen molar-refractivity contribution in [1.82, 2.24) is 10.6 Å². The van der Waals surface area contributed by atoms with Crippen molar-refractivity contribution in [3.8, 4) is 0 Å². The fraction of sp³-hybridized carbons (Fsp3) is 0.562. The molecule has 0 unspecified atom stereocenters. The van der Waals surface area contributed by atoms with Gasteiger partial charge in [0.15, 0.2) is 5.96 Å². The molecule has 0 saturated carbocycles. The molecule has 0 aliphatic carbocycles. The molecule has 7 heteroatoms. The number of unbranched alkanes of at least 4 members (excludes halogenated alkanes) is 2. The first kappa shape index (κ1) is 22.8. The van der Waals surface area contributed by atoms with Gasteiger partial charge in [-0.15, -0.1) is 35.7 Å². The topological polar surface area (TPSA) is 45.7 Å². The van der Waals surface area contributed by atoms with E-state index in [1.54, 1.807) is 25.9 Å². The molecular formula is C16H27ClIN3OS. The van der Waals surface area contributed by atoms with Crippen LogP contribution in [0.5, 0.6) is 0 Å². The lowest BCUT2D eigenvalue weighted by Gasteiger charge is -2.11. The highest BCUT2D eigenvalue weighted by Crippen LogP contribution is 2.19. The van der Waals surface area contributed by atoms with Gasteiger partial charge in [0.1, 0.15) is 0 Å². The highest BCUT2D eigenvalue weighted by atomic mass is 127. The Morgan fingerprint density at radius 3 is 2.48 bits per heavy atom. The zero-order valence-corrected chi connectivity index (χ0v) is 17.7. The van der Waals surface area contributed by atoms with E-state index in [-0.39, 0.29) is 24.0 Å². The SMILES string of the molecule is CN=C(NCCCCCOC)NCCSc1ccc(Cl)cc1.I. The van der Waals surface area contributed by atoms with Crippen LogP contribution in [-0.2, 0) is 4.74 Å². The van der Waals surface area contributed by atoms with Crippen molar-refractivity contribution in [2.75, 3.05) is 39.6 Å². The highest BCUT2D eigenvalue weighted by Gasteiger charge is 1.98. The molecule has 0 saturated heterocycles. The average molecular weight is 472 g/mol.